The van der Waals surface area contributed by atoms with E-state index in [1.165, 1.54) is 7.11 Å². The molecule has 0 radical (unpaired) electrons. The standard InChI is InChI=1S/C21H24ClN7O2/c1-3-29-18(13-8-15(22)20(31-2)23-9-13)27-16-17(24-11-25-19(16)29)26-14-6-7-28(10-14)21(30)12-4-5-12/h8-9,11-12,14H,3-7,10H2,1-2H3,(H,24,25,26). The molecule has 162 valence electrons. The molecule has 1 amide bonds. The van der Waals surface area contributed by atoms with Gasteiger partial charge in [0.1, 0.15) is 17.2 Å². The van der Waals surface area contributed by atoms with E-state index >= 15 is 0 Å². The number of pyridine rings is 1. The number of hydrogen-bond acceptors (Lipinski definition) is 7. The number of hydrogen-bond donors (Lipinski definition) is 1. The van der Waals surface area contributed by atoms with E-state index < -0.39 is 0 Å². The first-order chi connectivity index (χ1) is 15.1. The molecule has 1 N–H and O–H groups in total. The van der Waals surface area contributed by atoms with Gasteiger partial charge in [0.15, 0.2) is 17.0 Å². The summed E-state index contributed by atoms with van der Waals surface area (Å²) in [4.78, 5) is 32.4. The van der Waals surface area contributed by atoms with Gasteiger partial charge in [-0.05, 0) is 32.3 Å². The Kier molecular flexibility index (Phi) is 5.13. The highest BCUT2D eigenvalue weighted by molar-refractivity contribution is 6.32. The van der Waals surface area contributed by atoms with Crippen LogP contribution in [0.4, 0.5) is 5.82 Å². The lowest BCUT2D eigenvalue weighted by atomic mass is 10.2. The highest BCUT2D eigenvalue weighted by Crippen LogP contribution is 2.33. The van der Waals surface area contributed by atoms with Crippen molar-refractivity contribution >= 4 is 34.5 Å². The molecule has 0 aromatic carbocycles. The molecule has 1 aliphatic carbocycles. The Bertz CT molecular complexity index is 1140. The Labute approximate surface area is 184 Å². The molecule has 1 saturated heterocycles. The number of amides is 1. The number of imidazole rings is 1. The molecule has 3 aromatic heterocycles. The Morgan fingerprint density at radius 3 is 2.84 bits per heavy atom. The number of fused-ring (bicyclic) bond motifs is 1. The topological polar surface area (TPSA) is 98.1 Å². The van der Waals surface area contributed by atoms with Gasteiger partial charge in [0.2, 0.25) is 11.8 Å². The zero-order valence-electron chi connectivity index (χ0n) is 17.5. The quantitative estimate of drug-likeness (QED) is 0.627. The number of likely N-dealkylation sites (tertiary alicyclic amines) is 1. The van der Waals surface area contributed by atoms with Gasteiger partial charge in [-0.15, -0.1) is 0 Å². The summed E-state index contributed by atoms with van der Waals surface area (Å²) >= 11 is 6.29. The summed E-state index contributed by atoms with van der Waals surface area (Å²) in [5.41, 5.74) is 2.21. The summed E-state index contributed by atoms with van der Waals surface area (Å²) in [5.74, 6) is 2.31. The minimum Gasteiger partial charge on any atom is -0.480 e. The van der Waals surface area contributed by atoms with Crippen LogP contribution >= 0.6 is 11.6 Å². The molecule has 1 saturated carbocycles. The van der Waals surface area contributed by atoms with Crippen molar-refractivity contribution in [3.8, 4) is 17.3 Å². The van der Waals surface area contributed by atoms with Crippen LogP contribution in [0, 0.1) is 5.92 Å². The SMILES string of the molecule is CCn1c(-c2cnc(OC)c(Cl)c2)nc2c(NC3CCN(C(=O)C4CC4)C3)ncnc21. The second kappa shape index (κ2) is 7.96. The third kappa shape index (κ3) is 3.67. The van der Waals surface area contributed by atoms with Crippen molar-refractivity contribution in [3.05, 3.63) is 23.6 Å². The van der Waals surface area contributed by atoms with Crippen LogP contribution in [0.15, 0.2) is 18.6 Å². The van der Waals surface area contributed by atoms with Gasteiger partial charge in [-0.1, -0.05) is 11.6 Å². The number of halogens is 1. The molecule has 4 heterocycles. The zero-order valence-corrected chi connectivity index (χ0v) is 18.3. The van der Waals surface area contributed by atoms with E-state index in [1.807, 2.05) is 16.4 Å². The Morgan fingerprint density at radius 1 is 1.29 bits per heavy atom. The number of carbonyl (C=O) groups excluding carboxylic acids is 1. The molecule has 31 heavy (non-hydrogen) atoms. The van der Waals surface area contributed by atoms with Crippen LogP contribution in [0.3, 0.4) is 0 Å². The molecule has 1 atom stereocenters. The van der Waals surface area contributed by atoms with Crippen LogP contribution in [0.1, 0.15) is 26.2 Å². The number of aryl methyl sites for hydroxylation is 1. The van der Waals surface area contributed by atoms with Crippen LogP contribution in [-0.4, -0.2) is 61.6 Å². The van der Waals surface area contributed by atoms with E-state index in [-0.39, 0.29) is 12.0 Å². The minimum absolute atomic E-state index is 0.146. The van der Waals surface area contributed by atoms with E-state index in [1.54, 1.807) is 18.6 Å². The largest absolute Gasteiger partial charge is 0.480 e. The van der Waals surface area contributed by atoms with Crippen molar-refractivity contribution < 1.29 is 9.53 Å². The van der Waals surface area contributed by atoms with Crippen LogP contribution < -0.4 is 10.1 Å². The fraction of sp³-hybridized carbons (Fsp3) is 0.476. The second-order valence-electron chi connectivity index (χ2n) is 7.98. The summed E-state index contributed by atoms with van der Waals surface area (Å²) in [7, 11) is 1.53. The van der Waals surface area contributed by atoms with Crippen LogP contribution in [0.2, 0.25) is 5.02 Å². The van der Waals surface area contributed by atoms with Crippen LogP contribution in [-0.2, 0) is 11.3 Å². The predicted octanol–water partition coefficient (Wildman–Crippen LogP) is 2.99. The molecule has 1 unspecified atom stereocenters. The average molecular weight is 442 g/mol. The fourth-order valence-corrected chi connectivity index (χ4v) is 4.36. The summed E-state index contributed by atoms with van der Waals surface area (Å²) < 4.78 is 7.17. The molecule has 1 aliphatic heterocycles. The number of ether oxygens (including phenoxy) is 1. The monoisotopic (exact) mass is 441 g/mol. The molecule has 0 bridgehead atoms. The zero-order chi connectivity index (χ0) is 21.5. The molecule has 2 aliphatic rings. The van der Waals surface area contributed by atoms with Gasteiger partial charge in [-0.25, -0.2) is 19.9 Å². The number of carbonyl (C=O) groups is 1. The van der Waals surface area contributed by atoms with E-state index in [2.05, 4.69) is 20.3 Å². The van der Waals surface area contributed by atoms with E-state index in [0.717, 1.165) is 42.8 Å². The number of nitrogens with one attached hydrogen (secondary N) is 1. The molecule has 5 rings (SSSR count). The maximum absolute atomic E-state index is 12.4. The van der Waals surface area contributed by atoms with Gasteiger partial charge >= 0.3 is 0 Å². The number of aromatic nitrogens is 5. The third-order valence-corrected chi connectivity index (χ3v) is 6.15. The lowest BCUT2D eigenvalue weighted by Gasteiger charge is -2.17. The Hall–Kier alpha value is -2.94. The van der Waals surface area contributed by atoms with Crippen LogP contribution in [0.25, 0.3) is 22.6 Å². The van der Waals surface area contributed by atoms with Crippen molar-refractivity contribution in [2.45, 2.75) is 38.8 Å². The number of rotatable bonds is 6. The molecule has 0 spiro atoms. The first-order valence-electron chi connectivity index (χ1n) is 10.6. The van der Waals surface area contributed by atoms with Crippen molar-refractivity contribution in [2.24, 2.45) is 5.92 Å². The summed E-state index contributed by atoms with van der Waals surface area (Å²) in [6.45, 7) is 4.20. The Morgan fingerprint density at radius 2 is 2.13 bits per heavy atom. The van der Waals surface area contributed by atoms with Crippen molar-refractivity contribution in [1.82, 2.24) is 29.4 Å². The fourth-order valence-electron chi connectivity index (χ4n) is 4.12. The minimum atomic E-state index is 0.146. The molecule has 2 fully saturated rings. The van der Waals surface area contributed by atoms with Crippen molar-refractivity contribution in [1.29, 1.82) is 0 Å². The normalized spacial score (nSPS) is 18.5. The lowest BCUT2D eigenvalue weighted by molar-refractivity contribution is -0.131. The van der Waals surface area contributed by atoms with Gasteiger partial charge in [0.05, 0.1) is 7.11 Å². The van der Waals surface area contributed by atoms with Gasteiger partial charge in [-0.3, -0.25) is 4.79 Å². The number of nitrogens with zero attached hydrogens (tertiary/aromatic N) is 6. The molecular formula is C21H24ClN7O2. The number of methoxy groups -OCH3 is 1. The van der Waals surface area contributed by atoms with Crippen LogP contribution in [0.5, 0.6) is 5.88 Å². The number of anilines is 1. The van der Waals surface area contributed by atoms with E-state index in [4.69, 9.17) is 21.3 Å². The molecular weight excluding hydrogens is 418 g/mol. The second-order valence-corrected chi connectivity index (χ2v) is 8.38. The summed E-state index contributed by atoms with van der Waals surface area (Å²) in [6.07, 6.45) is 6.19. The highest BCUT2D eigenvalue weighted by Gasteiger charge is 2.36. The third-order valence-electron chi connectivity index (χ3n) is 5.87. The van der Waals surface area contributed by atoms with Gasteiger partial charge in [-0.2, -0.15) is 0 Å². The van der Waals surface area contributed by atoms with Gasteiger partial charge in [0.25, 0.3) is 0 Å². The first kappa shape index (κ1) is 20.0. The van der Waals surface area contributed by atoms with Crippen molar-refractivity contribution in [3.63, 3.8) is 0 Å². The van der Waals surface area contributed by atoms with Crippen molar-refractivity contribution in [2.75, 3.05) is 25.5 Å². The smallest absolute Gasteiger partial charge is 0.232 e. The molecule has 10 heteroatoms. The van der Waals surface area contributed by atoms with E-state index in [9.17, 15) is 4.79 Å². The maximum Gasteiger partial charge on any atom is 0.232 e. The summed E-state index contributed by atoms with van der Waals surface area (Å²) in [5, 5.41) is 3.91. The highest BCUT2D eigenvalue weighted by atomic mass is 35.5. The van der Waals surface area contributed by atoms with E-state index in [0.29, 0.717) is 41.2 Å². The predicted molar refractivity (Wildman–Crippen MR) is 117 cm³/mol. The average Bonchev–Trinajstić information content (AvgIpc) is 3.40. The molecule has 3 aromatic rings. The lowest BCUT2D eigenvalue weighted by Crippen LogP contribution is -2.32. The molecule has 9 nitrogen and oxygen atoms in total. The van der Waals surface area contributed by atoms with Gasteiger partial charge < -0.3 is 19.5 Å². The summed E-state index contributed by atoms with van der Waals surface area (Å²) in [6, 6.07) is 1.94. The van der Waals surface area contributed by atoms with Gasteiger partial charge in [0, 0.05) is 43.4 Å². The Balaban J connectivity index is 1.45. The maximum atomic E-state index is 12.4. The first-order valence-corrected chi connectivity index (χ1v) is 10.9.